The molecule has 4 nitrogen and oxygen atoms in total. The summed E-state index contributed by atoms with van der Waals surface area (Å²) in [6, 6.07) is 18.1. The van der Waals surface area contributed by atoms with Gasteiger partial charge in [0.2, 0.25) is 0 Å². The van der Waals surface area contributed by atoms with Crippen molar-refractivity contribution >= 4 is 5.91 Å². The van der Waals surface area contributed by atoms with Crippen LogP contribution in [0.3, 0.4) is 0 Å². The van der Waals surface area contributed by atoms with Crippen molar-refractivity contribution in [3.8, 4) is 22.6 Å². The summed E-state index contributed by atoms with van der Waals surface area (Å²) in [6.45, 7) is 8.77. The maximum atomic E-state index is 13.7. The normalized spacial score (nSPS) is 13.6. The van der Waals surface area contributed by atoms with Gasteiger partial charge in [-0.3, -0.25) is 4.79 Å². The Labute approximate surface area is 203 Å². The van der Waals surface area contributed by atoms with Crippen LogP contribution in [0.15, 0.2) is 54.6 Å². The Kier molecular flexibility index (Phi) is 6.70. The first-order chi connectivity index (χ1) is 16.2. The minimum Gasteiger partial charge on any atom is -0.506 e. The van der Waals surface area contributed by atoms with E-state index in [0.717, 1.165) is 53.5 Å². The van der Waals surface area contributed by atoms with E-state index in [-0.39, 0.29) is 11.7 Å². The average molecular weight is 458 g/mol. The highest BCUT2D eigenvalue weighted by molar-refractivity contribution is 6.02. The standard InChI is InChI=1S/C30H35NO3/c1-6-7-9-14-22-18-25-27(23-17-20(2)15-16-24(23)30(3,4)34-25)28(32)26(22)29(33)31(5)19-21-12-10-8-11-13-21/h8,10-13,15-18,32H,6-7,9,14,19H2,1-5H3. The van der Waals surface area contributed by atoms with E-state index in [0.29, 0.717) is 23.4 Å². The van der Waals surface area contributed by atoms with Crippen LogP contribution >= 0.6 is 0 Å². The molecule has 0 spiro atoms. The number of phenols is 1. The molecule has 1 amide bonds. The lowest BCUT2D eigenvalue weighted by Crippen LogP contribution is -2.31. The molecular formula is C30H35NO3. The summed E-state index contributed by atoms with van der Waals surface area (Å²) < 4.78 is 6.42. The minimum atomic E-state index is -0.529. The van der Waals surface area contributed by atoms with E-state index in [9.17, 15) is 9.90 Å². The third kappa shape index (κ3) is 4.54. The van der Waals surface area contributed by atoms with Crippen molar-refractivity contribution in [2.45, 2.75) is 65.5 Å². The highest BCUT2D eigenvalue weighted by Crippen LogP contribution is 2.51. The average Bonchev–Trinajstić information content (AvgIpc) is 2.78. The first-order valence-electron chi connectivity index (χ1n) is 12.2. The van der Waals surface area contributed by atoms with Crippen LogP contribution in [0, 0.1) is 6.92 Å². The van der Waals surface area contributed by atoms with Crippen LogP contribution in [0.25, 0.3) is 11.1 Å². The summed E-state index contributed by atoms with van der Waals surface area (Å²) in [4.78, 5) is 15.4. The molecule has 1 N–H and O–H groups in total. The molecule has 0 fully saturated rings. The van der Waals surface area contributed by atoms with Gasteiger partial charge in [0.1, 0.15) is 17.1 Å². The molecule has 0 bridgehead atoms. The molecule has 1 heterocycles. The lowest BCUT2D eigenvalue weighted by molar-refractivity contribution is 0.0780. The number of carbonyl (C=O) groups is 1. The van der Waals surface area contributed by atoms with Gasteiger partial charge in [0, 0.05) is 19.2 Å². The Balaban J connectivity index is 1.84. The largest absolute Gasteiger partial charge is 0.506 e. The van der Waals surface area contributed by atoms with Crippen LogP contribution in [-0.2, 0) is 18.6 Å². The van der Waals surface area contributed by atoms with E-state index in [4.69, 9.17) is 4.74 Å². The number of hydrogen-bond acceptors (Lipinski definition) is 3. The Morgan fingerprint density at radius 3 is 2.50 bits per heavy atom. The molecule has 1 aliphatic heterocycles. The summed E-state index contributed by atoms with van der Waals surface area (Å²) in [6.07, 6.45) is 3.83. The number of rotatable bonds is 7. The van der Waals surface area contributed by atoms with Crippen LogP contribution in [-0.4, -0.2) is 23.0 Å². The zero-order valence-corrected chi connectivity index (χ0v) is 20.9. The van der Waals surface area contributed by atoms with Crippen LogP contribution in [0.5, 0.6) is 11.5 Å². The molecule has 178 valence electrons. The second kappa shape index (κ2) is 9.54. The van der Waals surface area contributed by atoms with Gasteiger partial charge in [-0.1, -0.05) is 73.9 Å². The van der Waals surface area contributed by atoms with Gasteiger partial charge >= 0.3 is 0 Å². The van der Waals surface area contributed by atoms with Crippen LogP contribution in [0.2, 0.25) is 0 Å². The van der Waals surface area contributed by atoms with Gasteiger partial charge in [0.25, 0.3) is 5.91 Å². The van der Waals surface area contributed by atoms with Gasteiger partial charge in [0.15, 0.2) is 0 Å². The number of aromatic hydroxyl groups is 1. The second-order valence-electron chi connectivity index (χ2n) is 9.90. The Morgan fingerprint density at radius 1 is 1.06 bits per heavy atom. The third-order valence-electron chi connectivity index (χ3n) is 6.68. The summed E-state index contributed by atoms with van der Waals surface area (Å²) in [5, 5.41) is 11.6. The molecule has 0 saturated heterocycles. The topological polar surface area (TPSA) is 49.8 Å². The first kappa shape index (κ1) is 23.9. The fraction of sp³-hybridized carbons (Fsp3) is 0.367. The van der Waals surface area contributed by atoms with Crippen molar-refractivity contribution in [2.24, 2.45) is 0 Å². The molecule has 0 saturated carbocycles. The Bertz CT molecular complexity index is 1200. The smallest absolute Gasteiger partial charge is 0.257 e. The highest BCUT2D eigenvalue weighted by atomic mass is 16.5. The van der Waals surface area contributed by atoms with Crippen molar-refractivity contribution in [2.75, 3.05) is 7.05 Å². The molecular weight excluding hydrogens is 422 g/mol. The lowest BCUT2D eigenvalue weighted by atomic mass is 9.83. The van der Waals surface area contributed by atoms with Crippen molar-refractivity contribution in [1.29, 1.82) is 0 Å². The Morgan fingerprint density at radius 2 is 1.79 bits per heavy atom. The zero-order chi connectivity index (χ0) is 24.5. The van der Waals surface area contributed by atoms with Crippen LogP contribution in [0.1, 0.15) is 72.6 Å². The predicted octanol–water partition coefficient (Wildman–Crippen LogP) is 7.00. The molecule has 3 aromatic rings. The third-order valence-corrected chi connectivity index (χ3v) is 6.68. The van der Waals surface area contributed by atoms with Crippen molar-refractivity contribution in [3.05, 3.63) is 82.4 Å². The number of hydrogen-bond donors (Lipinski definition) is 1. The summed E-state index contributed by atoms with van der Waals surface area (Å²) >= 11 is 0. The molecule has 0 radical (unpaired) electrons. The summed E-state index contributed by atoms with van der Waals surface area (Å²) in [5.41, 5.74) is 5.43. The van der Waals surface area contributed by atoms with Crippen molar-refractivity contribution in [1.82, 2.24) is 4.90 Å². The van der Waals surface area contributed by atoms with E-state index >= 15 is 0 Å². The van der Waals surface area contributed by atoms with E-state index in [1.165, 1.54) is 0 Å². The number of aryl methyl sites for hydroxylation is 2. The summed E-state index contributed by atoms with van der Waals surface area (Å²) in [7, 11) is 1.79. The predicted molar refractivity (Wildman–Crippen MR) is 137 cm³/mol. The maximum absolute atomic E-state index is 13.7. The van der Waals surface area contributed by atoms with E-state index in [2.05, 4.69) is 25.1 Å². The number of benzene rings is 3. The monoisotopic (exact) mass is 457 g/mol. The van der Waals surface area contributed by atoms with Crippen LogP contribution in [0.4, 0.5) is 0 Å². The molecule has 0 aromatic heterocycles. The van der Waals surface area contributed by atoms with Gasteiger partial charge in [-0.05, 0) is 56.4 Å². The van der Waals surface area contributed by atoms with E-state index in [1.54, 1.807) is 11.9 Å². The second-order valence-corrected chi connectivity index (χ2v) is 9.90. The number of ether oxygens (including phenoxy) is 1. The lowest BCUT2D eigenvalue weighted by Gasteiger charge is -2.36. The van der Waals surface area contributed by atoms with Crippen molar-refractivity contribution in [3.63, 3.8) is 0 Å². The number of fused-ring (bicyclic) bond motifs is 3. The van der Waals surface area contributed by atoms with Gasteiger partial charge < -0.3 is 14.7 Å². The van der Waals surface area contributed by atoms with Gasteiger partial charge in [-0.2, -0.15) is 0 Å². The van der Waals surface area contributed by atoms with E-state index in [1.807, 2.05) is 57.2 Å². The first-order valence-corrected chi connectivity index (χ1v) is 12.2. The zero-order valence-electron chi connectivity index (χ0n) is 20.9. The van der Waals surface area contributed by atoms with Crippen molar-refractivity contribution < 1.29 is 14.6 Å². The number of amides is 1. The number of carbonyl (C=O) groups excluding carboxylic acids is 1. The van der Waals surface area contributed by atoms with Gasteiger partial charge in [0.05, 0.1) is 11.1 Å². The quantitative estimate of drug-likeness (QED) is 0.389. The van der Waals surface area contributed by atoms with Crippen LogP contribution < -0.4 is 4.74 Å². The van der Waals surface area contributed by atoms with E-state index < -0.39 is 5.60 Å². The highest BCUT2D eigenvalue weighted by Gasteiger charge is 2.36. The number of nitrogens with zero attached hydrogens (tertiary/aromatic N) is 1. The molecule has 4 rings (SSSR count). The maximum Gasteiger partial charge on any atom is 0.257 e. The molecule has 0 aliphatic carbocycles. The molecule has 0 atom stereocenters. The minimum absolute atomic E-state index is 0.0243. The number of phenolic OH excluding ortho intramolecular Hbond substituents is 1. The molecule has 1 aliphatic rings. The number of unbranched alkanes of at least 4 members (excludes halogenated alkanes) is 2. The fourth-order valence-corrected chi connectivity index (χ4v) is 4.88. The molecule has 3 aromatic carbocycles. The molecule has 4 heteroatoms. The molecule has 34 heavy (non-hydrogen) atoms. The molecule has 0 unspecified atom stereocenters. The Hall–Kier alpha value is -3.27. The SMILES string of the molecule is CCCCCc1cc2c(c(O)c1C(=O)N(C)Cc1ccccc1)-c1cc(C)ccc1C(C)(C)O2. The fourth-order valence-electron chi connectivity index (χ4n) is 4.88. The summed E-state index contributed by atoms with van der Waals surface area (Å²) in [5.74, 6) is 0.500. The van der Waals surface area contributed by atoms with Gasteiger partial charge in [-0.15, -0.1) is 0 Å². The van der Waals surface area contributed by atoms with Gasteiger partial charge in [-0.25, -0.2) is 0 Å².